The van der Waals surface area contributed by atoms with E-state index in [1.54, 1.807) is 0 Å². The zero-order chi connectivity index (χ0) is 9.47. The molecule has 2 nitrogen and oxygen atoms in total. The molecule has 1 saturated carbocycles. The smallest absolute Gasteiger partial charge is 0.0839 e. The second kappa shape index (κ2) is 2.63. The lowest BCUT2D eigenvalue weighted by Gasteiger charge is -2.35. The van der Waals surface area contributed by atoms with Gasteiger partial charge in [-0.3, -0.25) is 0 Å². The highest BCUT2D eigenvalue weighted by Gasteiger charge is 2.40. The molecular weight excluding hydrogens is 160 g/mol. The number of aromatic amines is 1. The summed E-state index contributed by atoms with van der Waals surface area (Å²) in [5.74, 6) is 0. The van der Waals surface area contributed by atoms with E-state index in [-0.39, 0.29) is 5.41 Å². The number of aryl methyl sites for hydroxylation is 2. The van der Waals surface area contributed by atoms with Crippen LogP contribution in [0.5, 0.6) is 0 Å². The van der Waals surface area contributed by atoms with Crippen LogP contribution in [0.1, 0.15) is 36.2 Å². The molecule has 1 aromatic heterocycles. The second-order valence-electron chi connectivity index (χ2n) is 4.04. The lowest BCUT2D eigenvalue weighted by atomic mass is 9.65. The molecule has 1 aliphatic carbocycles. The molecule has 0 bridgehead atoms. The van der Waals surface area contributed by atoms with Gasteiger partial charge in [0.05, 0.1) is 11.5 Å². The van der Waals surface area contributed by atoms with E-state index in [4.69, 9.17) is 5.26 Å². The molecule has 1 fully saturated rings. The fourth-order valence-electron chi connectivity index (χ4n) is 2.19. The van der Waals surface area contributed by atoms with Gasteiger partial charge in [0.1, 0.15) is 0 Å². The number of hydrogen-bond acceptors (Lipinski definition) is 1. The van der Waals surface area contributed by atoms with Gasteiger partial charge in [-0.2, -0.15) is 5.26 Å². The van der Waals surface area contributed by atoms with Gasteiger partial charge >= 0.3 is 0 Å². The number of nitriles is 1. The molecular formula is C11H14N2. The summed E-state index contributed by atoms with van der Waals surface area (Å²) in [6, 6.07) is 4.59. The number of rotatable bonds is 1. The van der Waals surface area contributed by atoms with E-state index >= 15 is 0 Å². The third-order valence-corrected chi connectivity index (χ3v) is 3.09. The highest BCUT2D eigenvalue weighted by Crippen LogP contribution is 2.44. The molecule has 1 heterocycles. The maximum absolute atomic E-state index is 9.16. The normalized spacial score (nSPS) is 19.2. The summed E-state index contributed by atoms with van der Waals surface area (Å²) in [4.78, 5) is 3.26. The van der Waals surface area contributed by atoms with E-state index in [1.807, 2.05) is 6.92 Å². The highest BCUT2D eigenvalue weighted by molar-refractivity contribution is 5.40. The Balaban J connectivity index is 2.45. The standard InChI is InChI=1S/C11H14N2/c1-8-6-10(9(2)13-8)11(7-12)4-3-5-11/h6,13H,3-5H2,1-2H3. The van der Waals surface area contributed by atoms with Crippen LogP contribution >= 0.6 is 0 Å². The van der Waals surface area contributed by atoms with Crippen molar-refractivity contribution in [1.29, 1.82) is 5.26 Å². The Morgan fingerprint density at radius 2 is 2.15 bits per heavy atom. The van der Waals surface area contributed by atoms with Crippen LogP contribution in [0.2, 0.25) is 0 Å². The zero-order valence-electron chi connectivity index (χ0n) is 8.15. The molecule has 1 N–H and O–H groups in total. The van der Waals surface area contributed by atoms with E-state index in [9.17, 15) is 0 Å². The molecule has 0 saturated heterocycles. The molecule has 0 amide bonds. The minimum Gasteiger partial charge on any atom is -0.362 e. The van der Waals surface area contributed by atoms with E-state index in [0.717, 1.165) is 18.5 Å². The van der Waals surface area contributed by atoms with Crippen molar-refractivity contribution >= 4 is 0 Å². The van der Waals surface area contributed by atoms with Crippen LogP contribution in [-0.2, 0) is 5.41 Å². The van der Waals surface area contributed by atoms with Gasteiger partial charge in [-0.05, 0) is 44.7 Å². The van der Waals surface area contributed by atoms with Crippen LogP contribution in [0.25, 0.3) is 0 Å². The first-order chi connectivity index (χ1) is 6.18. The minimum atomic E-state index is -0.158. The second-order valence-corrected chi connectivity index (χ2v) is 4.04. The average Bonchev–Trinajstić information content (AvgIpc) is 2.30. The highest BCUT2D eigenvalue weighted by atomic mass is 14.7. The van der Waals surface area contributed by atoms with Crippen molar-refractivity contribution in [3.63, 3.8) is 0 Å². The van der Waals surface area contributed by atoms with Crippen LogP contribution in [0.4, 0.5) is 0 Å². The van der Waals surface area contributed by atoms with Gasteiger partial charge in [0.2, 0.25) is 0 Å². The number of H-pyrrole nitrogens is 1. The van der Waals surface area contributed by atoms with Crippen LogP contribution in [0, 0.1) is 25.2 Å². The van der Waals surface area contributed by atoms with Crippen molar-refractivity contribution < 1.29 is 0 Å². The third-order valence-electron chi connectivity index (χ3n) is 3.09. The molecule has 0 aromatic carbocycles. The topological polar surface area (TPSA) is 39.6 Å². The van der Waals surface area contributed by atoms with Gasteiger partial charge in [0, 0.05) is 11.4 Å². The number of hydrogen-bond donors (Lipinski definition) is 1. The largest absolute Gasteiger partial charge is 0.362 e. The maximum Gasteiger partial charge on any atom is 0.0839 e. The maximum atomic E-state index is 9.16. The van der Waals surface area contributed by atoms with Crippen molar-refractivity contribution in [1.82, 2.24) is 4.98 Å². The molecule has 0 spiro atoms. The van der Waals surface area contributed by atoms with Gasteiger partial charge in [0.25, 0.3) is 0 Å². The Morgan fingerprint density at radius 3 is 2.46 bits per heavy atom. The molecule has 0 aliphatic heterocycles. The van der Waals surface area contributed by atoms with Gasteiger partial charge in [0.15, 0.2) is 0 Å². The van der Waals surface area contributed by atoms with Crippen LogP contribution in [0.15, 0.2) is 6.07 Å². The summed E-state index contributed by atoms with van der Waals surface area (Å²) in [7, 11) is 0. The minimum absolute atomic E-state index is 0.158. The Labute approximate surface area is 78.6 Å². The first kappa shape index (κ1) is 8.37. The van der Waals surface area contributed by atoms with E-state index in [1.165, 1.54) is 17.7 Å². The Kier molecular flexibility index (Phi) is 1.69. The van der Waals surface area contributed by atoms with Gasteiger partial charge in [-0.1, -0.05) is 0 Å². The summed E-state index contributed by atoms with van der Waals surface area (Å²) in [5, 5.41) is 9.16. The molecule has 0 unspecified atom stereocenters. The fraction of sp³-hybridized carbons (Fsp3) is 0.545. The average molecular weight is 174 g/mol. The van der Waals surface area contributed by atoms with Crippen molar-refractivity contribution in [2.75, 3.05) is 0 Å². The Morgan fingerprint density at radius 1 is 1.46 bits per heavy atom. The first-order valence-corrected chi connectivity index (χ1v) is 4.76. The van der Waals surface area contributed by atoms with Crippen molar-refractivity contribution in [2.24, 2.45) is 0 Å². The van der Waals surface area contributed by atoms with Crippen LogP contribution in [-0.4, -0.2) is 4.98 Å². The van der Waals surface area contributed by atoms with E-state index < -0.39 is 0 Å². The first-order valence-electron chi connectivity index (χ1n) is 4.76. The molecule has 68 valence electrons. The Hall–Kier alpha value is -1.23. The molecule has 1 aromatic rings. The predicted molar refractivity (Wildman–Crippen MR) is 51.4 cm³/mol. The zero-order valence-corrected chi connectivity index (χ0v) is 8.15. The van der Waals surface area contributed by atoms with E-state index in [2.05, 4.69) is 24.0 Å². The summed E-state index contributed by atoms with van der Waals surface area (Å²) >= 11 is 0. The number of aromatic nitrogens is 1. The summed E-state index contributed by atoms with van der Waals surface area (Å²) in [6.07, 6.45) is 3.25. The lowest BCUT2D eigenvalue weighted by Crippen LogP contribution is -2.32. The van der Waals surface area contributed by atoms with Gasteiger partial charge in [-0.25, -0.2) is 0 Å². The molecule has 2 heteroatoms. The molecule has 2 rings (SSSR count). The molecule has 0 radical (unpaired) electrons. The van der Waals surface area contributed by atoms with Crippen molar-refractivity contribution in [2.45, 2.75) is 38.5 Å². The van der Waals surface area contributed by atoms with Gasteiger partial charge in [-0.15, -0.1) is 0 Å². The summed E-state index contributed by atoms with van der Waals surface area (Å²) in [5.41, 5.74) is 3.39. The van der Waals surface area contributed by atoms with Crippen molar-refractivity contribution in [3.8, 4) is 6.07 Å². The predicted octanol–water partition coefficient (Wildman–Crippen LogP) is 2.58. The number of nitrogens with one attached hydrogen (secondary N) is 1. The van der Waals surface area contributed by atoms with Gasteiger partial charge < -0.3 is 4.98 Å². The summed E-state index contributed by atoms with van der Waals surface area (Å²) < 4.78 is 0. The fourth-order valence-corrected chi connectivity index (χ4v) is 2.19. The lowest BCUT2D eigenvalue weighted by molar-refractivity contribution is 0.323. The molecule has 13 heavy (non-hydrogen) atoms. The molecule has 0 atom stereocenters. The van der Waals surface area contributed by atoms with Crippen LogP contribution in [0.3, 0.4) is 0 Å². The third kappa shape index (κ3) is 1.07. The Bertz CT molecular complexity index is 364. The SMILES string of the molecule is Cc1cc(C2(C#N)CCC2)c(C)[nH]1. The van der Waals surface area contributed by atoms with E-state index in [0.29, 0.717) is 0 Å². The summed E-state index contributed by atoms with van der Waals surface area (Å²) in [6.45, 7) is 4.10. The van der Waals surface area contributed by atoms with Crippen LogP contribution < -0.4 is 0 Å². The molecule has 1 aliphatic rings. The van der Waals surface area contributed by atoms with Crippen molar-refractivity contribution in [3.05, 3.63) is 23.0 Å². The number of nitrogens with zero attached hydrogens (tertiary/aromatic N) is 1. The monoisotopic (exact) mass is 174 g/mol. The quantitative estimate of drug-likeness (QED) is 0.698.